The molecule has 0 radical (unpaired) electrons. The van der Waals surface area contributed by atoms with Crippen LogP contribution in [0.3, 0.4) is 0 Å². The summed E-state index contributed by atoms with van der Waals surface area (Å²) >= 11 is 0. The first-order valence-electron chi connectivity index (χ1n) is 21.8. The summed E-state index contributed by atoms with van der Waals surface area (Å²) in [5.74, 6) is -2.65. The summed E-state index contributed by atoms with van der Waals surface area (Å²) in [6, 6.07) is -0.361. The van der Waals surface area contributed by atoms with E-state index in [1.165, 1.54) is 0 Å². The second-order valence-electron chi connectivity index (χ2n) is 18.5. The number of carbonyl (C=O) groups excluding carboxylic acids is 1. The molecule has 0 amide bonds. The van der Waals surface area contributed by atoms with Gasteiger partial charge in [0.05, 0.1) is 66.3 Å². The van der Waals surface area contributed by atoms with Crippen molar-refractivity contribution in [1.29, 1.82) is 0 Å². The minimum atomic E-state index is -1.18. The Labute approximate surface area is 336 Å². The molecule has 2 spiro atoms. The number of ketones is 1. The number of ether oxygens (including phenoxy) is 5. The standard InChI is InChI=1S/C45H73NO10/c1-12-24-46-35-18-21-44(56-45(35)23-22-42(11,55-45)36-19-20-43(51,15-4)31(10)52-36)28(7)25-27(6)40(54-44)33(14-3)38(48)29(8)37(47)30(9)39-26(5)16-17-34(53-39)32(13-2)41(49)50/h1,18,21,26-37,39-40,46-47,51H,13-17,19-20,22-25H2,2-11H3,(H,49,50)/t26-,27-,28+,29-,30-,31-,32?,33-,34?,35+,36+,37+,39?,40-,42-,43+,44-,45-/m0/s1. The molecule has 5 aliphatic rings. The van der Waals surface area contributed by atoms with Gasteiger partial charge >= 0.3 is 5.97 Å². The predicted octanol–water partition coefficient (Wildman–Crippen LogP) is 6.42. The van der Waals surface area contributed by atoms with Crippen molar-refractivity contribution in [3.63, 3.8) is 0 Å². The highest BCUT2D eigenvalue weighted by atomic mass is 16.8. The Kier molecular flexibility index (Phi) is 14.3. The molecule has 4 N–H and O–H groups in total. The van der Waals surface area contributed by atoms with Crippen LogP contribution in [0.1, 0.15) is 133 Å². The Hall–Kier alpha value is -1.88. The largest absolute Gasteiger partial charge is 0.481 e. The summed E-state index contributed by atoms with van der Waals surface area (Å²) in [6.45, 7) is 20.2. The van der Waals surface area contributed by atoms with Crippen LogP contribution in [-0.2, 0) is 33.3 Å². The van der Waals surface area contributed by atoms with Gasteiger partial charge in [0.15, 0.2) is 11.6 Å². The zero-order chi connectivity index (χ0) is 41.4. The molecule has 0 aromatic carbocycles. The highest BCUT2D eigenvalue weighted by molar-refractivity contribution is 5.84. The number of rotatable bonds is 14. The molecule has 0 aromatic heterocycles. The van der Waals surface area contributed by atoms with Gasteiger partial charge in [-0.05, 0) is 89.5 Å². The number of Topliss-reactive ketones (excluding diaryl/α,β-unsaturated/α-hetero) is 1. The zero-order valence-electron chi connectivity index (χ0n) is 35.8. The average Bonchev–Trinajstić information content (AvgIpc) is 3.51. The van der Waals surface area contributed by atoms with Gasteiger partial charge < -0.3 is 39.0 Å². The summed E-state index contributed by atoms with van der Waals surface area (Å²) in [5.41, 5.74) is -1.55. The van der Waals surface area contributed by atoms with Crippen LogP contribution < -0.4 is 5.32 Å². The third-order valence-electron chi connectivity index (χ3n) is 14.9. The van der Waals surface area contributed by atoms with Crippen molar-refractivity contribution in [2.24, 2.45) is 41.4 Å². The highest BCUT2D eigenvalue weighted by Crippen LogP contribution is 2.54. The molecule has 0 bridgehead atoms. The smallest absolute Gasteiger partial charge is 0.309 e. The lowest BCUT2D eigenvalue weighted by molar-refractivity contribution is -0.398. The van der Waals surface area contributed by atoms with Crippen molar-refractivity contribution in [3.05, 3.63) is 12.2 Å². The number of hydrogen-bond donors (Lipinski definition) is 4. The molecule has 3 unspecified atom stereocenters. The number of terminal acetylenes is 1. The number of carbonyl (C=O) groups is 2. The lowest BCUT2D eigenvalue weighted by atomic mass is 9.72. The number of hydrogen-bond acceptors (Lipinski definition) is 10. The van der Waals surface area contributed by atoms with Crippen LogP contribution >= 0.6 is 0 Å². The van der Waals surface area contributed by atoms with E-state index >= 15 is 0 Å². The van der Waals surface area contributed by atoms with Gasteiger partial charge in [0.1, 0.15) is 5.78 Å². The number of aliphatic hydroxyl groups excluding tert-OH is 1. The van der Waals surface area contributed by atoms with Crippen LogP contribution in [0.4, 0.5) is 0 Å². The summed E-state index contributed by atoms with van der Waals surface area (Å²) in [4.78, 5) is 26.5. The Morgan fingerprint density at radius 2 is 1.64 bits per heavy atom. The summed E-state index contributed by atoms with van der Waals surface area (Å²) in [5, 5.41) is 36.2. The van der Waals surface area contributed by atoms with Crippen molar-refractivity contribution in [2.45, 2.75) is 199 Å². The van der Waals surface area contributed by atoms with Crippen LogP contribution in [0.25, 0.3) is 0 Å². The van der Waals surface area contributed by atoms with Crippen molar-refractivity contribution in [2.75, 3.05) is 6.54 Å². The predicted molar refractivity (Wildman–Crippen MR) is 213 cm³/mol. The van der Waals surface area contributed by atoms with E-state index in [1.54, 1.807) is 6.92 Å². The molecule has 11 nitrogen and oxygen atoms in total. The summed E-state index contributed by atoms with van der Waals surface area (Å²) in [7, 11) is 0. The van der Waals surface area contributed by atoms with E-state index in [0.29, 0.717) is 57.9 Å². The fraction of sp³-hybridized carbons (Fsp3) is 0.867. The molecular weight excluding hydrogens is 714 g/mol. The fourth-order valence-electron chi connectivity index (χ4n) is 10.9. The molecule has 11 heteroatoms. The van der Waals surface area contributed by atoms with Crippen LogP contribution in [0, 0.1) is 53.8 Å². The fourth-order valence-corrected chi connectivity index (χ4v) is 10.9. The minimum absolute atomic E-state index is 0.0326. The second kappa shape index (κ2) is 17.8. The molecule has 318 valence electrons. The van der Waals surface area contributed by atoms with Crippen molar-refractivity contribution < 1.29 is 48.6 Å². The minimum Gasteiger partial charge on any atom is -0.481 e. The third-order valence-corrected chi connectivity index (χ3v) is 14.9. The van der Waals surface area contributed by atoms with Gasteiger partial charge in [0.2, 0.25) is 0 Å². The van der Waals surface area contributed by atoms with Gasteiger partial charge in [0, 0.05) is 30.1 Å². The Morgan fingerprint density at radius 1 is 0.946 bits per heavy atom. The maximum Gasteiger partial charge on any atom is 0.309 e. The quantitative estimate of drug-likeness (QED) is 0.114. The number of aliphatic hydroxyl groups is 2. The maximum atomic E-state index is 14.6. The van der Waals surface area contributed by atoms with Crippen LogP contribution in [0.15, 0.2) is 12.2 Å². The van der Waals surface area contributed by atoms with Gasteiger partial charge in [-0.1, -0.05) is 67.4 Å². The Balaban J connectivity index is 1.36. The molecule has 0 aliphatic carbocycles. The topological polar surface area (TPSA) is 153 Å². The van der Waals surface area contributed by atoms with Crippen molar-refractivity contribution in [1.82, 2.24) is 5.32 Å². The first kappa shape index (κ1) is 45.2. The zero-order valence-corrected chi connectivity index (χ0v) is 35.8. The SMILES string of the molecule is C#CCN[C@@H]1C=C[C@]2(O[C@H]([C@@H](CC)C(=O)[C@@H](C)[C@@H](O)[C@H](C)C3OC(C(CC)C(=O)O)CC[C@@H]3C)[C@@H](C)C[C@H]2C)O[C@@]12CC[C@@](C)([C@H]1CC[C@](O)(CC)[C@H](C)O1)O2. The number of aliphatic carboxylic acids is 1. The third kappa shape index (κ3) is 8.56. The highest BCUT2D eigenvalue weighted by Gasteiger charge is 2.63. The number of carboxylic acids is 1. The lowest BCUT2D eigenvalue weighted by Gasteiger charge is -2.55. The number of carboxylic acid groups (broad SMARTS) is 1. The van der Waals surface area contributed by atoms with E-state index in [4.69, 9.17) is 30.1 Å². The monoisotopic (exact) mass is 788 g/mol. The molecular formula is C45H73NO10. The Morgan fingerprint density at radius 3 is 2.25 bits per heavy atom. The summed E-state index contributed by atoms with van der Waals surface area (Å²) < 4.78 is 34.4. The molecule has 5 heterocycles. The molecule has 18 atom stereocenters. The lowest BCUT2D eigenvalue weighted by Crippen LogP contribution is -2.65. The van der Waals surface area contributed by atoms with Crippen molar-refractivity contribution >= 4 is 11.8 Å². The van der Waals surface area contributed by atoms with Gasteiger partial charge in [-0.25, -0.2) is 0 Å². The van der Waals surface area contributed by atoms with E-state index in [0.717, 1.165) is 12.8 Å². The van der Waals surface area contributed by atoms with E-state index < -0.39 is 64.8 Å². The maximum absolute atomic E-state index is 14.6. The first-order chi connectivity index (χ1) is 26.3. The van der Waals surface area contributed by atoms with Crippen LogP contribution in [0.2, 0.25) is 0 Å². The van der Waals surface area contributed by atoms with Crippen LogP contribution in [0.5, 0.6) is 0 Å². The molecule has 4 fully saturated rings. The average molecular weight is 788 g/mol. The normalized spacial score (nSPS) is 44.2. The molecule has 0 saturated carbocycles. The van der Waals surface area contributed by atoms with E-state index in [9.17, 15) is 24.9 Å². The van der Waals surface area contributed by atoms with E-state index in [1.807, 2.05) is 40.7 Å². The first-order valence-corrected chi connectivity index (χ1v) is 21.8. The van der Waals surface area contributed by atoms with Gasteiger partial charge in [-0.3, -0.25) is 14.9 Å². The van der Waals surface area contributed by atoms with Gasteiger partial charge in [0.25, 0.3) is 0 Å². The Bertz CT molecular complexity index is 1450. The molecule has 5 rings (SSSR count). The second-order valence-corrected chi connectivity index (χ2v) is 18.5. The molecule has 0 aromatic rings. The number of nitrogens with one attached hydrogen (secondary N) is 1. The van der Waals surface area contributed by atoms with Crippen molar-refractivity contribution in [3.8, 4) is 12.3 Å². The van der Waals surface area contributed by atoms with Gasteiger partial charge in [-0.2, -0.15) is 0 Å². The van der Waals surface area contributed by atoms with Gasteiger partial charge in [-0.15, -0.1) is 6.42 Å². The summed E-state index contributed by atoms with van der Waals surface area (Å²) in [6.07, 6.45) is 13.2. The molecule has 56 heavy (non-hydrogen) atoms. The van der Waals surface area contributed by atoms with Crippen LogP contribution in [-0.4, -0.2) is 99.1 Å². The van der Waals surface area contributed by atoms with E-state index in [-0.39, 0.29) is 53.8 Å². The molecule has 4 saturated heterocycles. The van der Waals surface area contributed by atoms with E-state index in [2.05, 4.69) is 45.0 Å². The molecule has 5 aliphatic heterocycles.